The molecule has 92 valence electrons. The second kappa shape index (κ2) is 4.31. The molecule has 0 unspecified atom stereocenters. The van der Waals surface area contributed by atoms with Gasteiger partial charge >= 0.3 is 5.97 Å². The van der Waals surface area contributed by atoms with E-state index >= 15 is 0 Å². The molecule has 1 aromatic rings. The van der Waals surface area contributed by atoms with Crippen molar-refractivity contribution in [2.45, 2.75) is 20.8 Å². The van der Waals surface area contributed by atoms with Gasteiger partial charge in [-0.25, -0.2) is 4.98 Å². The molecule has 0 amide bonds. The molecule has 1 N–H and O–H groups in total. The number of carboxylic acid groups (broad SMARTS) is 1. The number of carbonyl (C=O) groups is 1. The van der Waals surface area contributed by atoms with Crippen LogP contribution in [0.4, 0.5) is 5.82 Å². The summed E-state index contributed by atoms with van der Waals surface area (Å²) in [6.07, 6.45) is 1.73. The third kappa shape index (κ3) is 2.23. The van der Waals surface area contributed by atoms with Crippen LogP contribution in [-0.4, -0.2) is 34.1 Å². The first kappa shape index (κ1) is 11.8. The van der Waals surface area contributed by atoms with Crippen molar-refractivity contribution in [3.05, 3.63) is 17.6 Å². The summed E-state index contributed by atoms with van der Waals surface area (Å²) in [7, 11) is 0. The Morgan fingerprint density at radius 3 is 2.76 bits per heavy atom. The first-order valence-electron chi connectivity index (χ1n) is 5.77. The maximum Gasteiger partial charge on any atom is 0.308 e. The molecule has 1 saturated heterocycles. The molecule has 17 heavy (non-hydrogen) atoms. The first-order chi connectivity index (χ1) is 7.99. The minimum atomic E-state index is -0.724. The fourth-order valence-corrected chi connectivity index (χ4v) is 2.29. The SMILES string of the molecule is Cc1cnc(C)c(N2C[C@@H](C)[C@H](C(=O)O)C2)n1. The standard InChI is InChI=1S/C12H17N3O2/c1-7-5-15(6-10(7)12(16)17)11-9(3)13-4-8(2)14-11/h4,7,10H,5-6H2,1-3H3,(H,16,17)/t7-,10-/m1/s1. The van der Waals surface area contributed by atoms with E-state index < -0.39 is 5.97 Å². The third-order valence-corrected chi connectivity index (χ3v) is 3.28. The van der Waals surface area contributed by atoms with E-state index in [2.05, 4.69) is 9.97 Å². The Morgan fingerprint density at radius 2 is 2.18 bits per heavy atom. The van der Waals surface area contributed by atoms with Crippen molar-refractivity contribution in [2.24, 2.45) is 11.8 Å². The van der Waals surface area contributed by atoms with Crippen molar-refractivity contribution in [3.8, 4) is 0 Å². The first-order valence-corrected chi connectivity index (χ1v) is 5.77. The summed E-state index contributed by atoms with van der Waals surface area (Å²) in [6, 6.07) is 0. The molecular formula is C12H17N3O2. The zero-order valence-corrected chi connectivity index (χ0v) is 10.3. The lowest BCUT2D eigenvalue weighted by Crippen LogP contribution is -2.24. The van der Waals surface area contributed by atoms with Crippen molar-refractivity contribution in [3.63, 3.8) is 0 Å². The lowest BCUT2D eigenvalue weighted by atomic mass is 9.99. The van der Waals surface area contributed by atoms with E-state index in [4.69, 9.17) is 5.11 Å². The van der Waals surface area contributed by atoms with Crippen LogP contribution in [0.1, 0.15) is 18.3 Å². The van der Waals surface area contributed by atoms with Gasteiger partial charge in [0.25, 0.3) is 0 Å². The minimum absolute atomic E-state index is 0.147. The molecule has 1 aliphatic rings. The molecule has 0 aromatic carbocycles. The summed E-state index contributed by atoms with van der Waals surface area (Å²) < 4.78 is 0. The van der Waals surface area contributed by atoms with Crippen LogP contribution in [0.5, 0.6) is 0 Å². The van der Waals surface area contributed by atoms with Crippen molar-refractivity contribution in [1.29, 1.82) is 0 Å². The van der Waals surface area contributed by atoms with Gasteiger partial charge in [0.1, 0.15) is 5.82 Å². The Balaban J connectivity index is 2.25. The van der Waals surface area contributed by atoms with E-state index in [9.17, 15) is 4.79 Å². The van der Waals surface area contributed by atoms with Gasteiger partial charge in [-0.15, -0.1) is 0 Å². The number of anilines is 1. The van der Waals surface area contributed by atoms with Crippen LogP contribution < -0.4 is 4.90 Å². The average molecular weight is 235 g/mol. The Morgan fingerprint density at radius 1 is 1.47 bits per heavy atom. The van der Waals surface area contributed by atoms with Crippen LogP contribution in [0.15, 0.2) is 6.20 Å². The van der Waals surface area contributed by atoms with Crippen LogP contribution >= 0.6 is 0 Å². The number of rotatable bonds is 2. The average Bonchev–Trinajstić information content (AvgIpc) is 2.64. The predicted octanol–water partition coefficient (Wildman–Crippen LogP) is 1.25. The number of hydrogen-bond acceptors (Lipinski definition) is 4. The fraction of sp³-hybridized carbons (Fsp3) is 0.583. The smallest absolute Gasteiger partial charge is 0.308 e. The fourth-order valence-electron chi connectivity index (χ4n) is 2.29. The number of nitrogens with zero attached hydrogens (tertiary/aromatic N) is 3. The molecule has 0 bridgehead atoms. The largest absolute Gasteiger partial charge is 0.481 e. The molecule has 0 spiro atoms. The monoisotopic (exact) mass is 235 g/mol. The molecule has 2 heterocycles. The summed E-state index contributed by atoms with van der Waals surface area (Å²) in [5, 5.41) is 9.11. The Hall–Kier alpha value is -1.65. The van der Waals surface area contributed by atoms with Gasteiger partial charge in [0, 0.05) is 19.3 Å². The van der Waals surface area contributed by atoms with Crippen molar-refractivity contribution in [2.75, 3.05) is 18.0 Å². The van der Waals surface area contributed by atoms with Gasteiger partial charge in [-0.05, 0) is 19.8 Å². The molecule has 0 saturated carbocycles. The number of aromatic nitrogens is 2. The van der Waals surface area contributed by atoms with Crippen LogP contribution in [0.3, 0.4) is 0 Å². The molecule has 0 aliphatic carbocycles. The maximum absolute atomic E-state index is 11.1. The summed E-state index contributed by atoms with van der Waals surface area (Å²) >= 11 is 0. The predicted molar refractivity (Wildman–Crippen MR) is 64.0 cm³/mol. The van der Waals surface area contributed by atoms with Crippen molar-refractivity contribution in [1.82, 2.24) is 9.97 Å². The number of hydrogen-bond donors (Lipinski definition) is 1. The van der Waals surface area contributed by atoms with E-state index in [0.29, 0.717) is 6.54 Å². The molecule has 5 heteroatoms. The Labute approximate surface area is 100 Å². The van der Waals surface area contributed by atoms with Gasteiger partial charge in [-0.2, -0.15) is 0 Å². The van der Waals surface area contributed by atoms with Gasteiger partial charge in [0.15, 0.2) is 0 Å². The van der Waals surface area contributed by atoms with Crippen LogP contribution in [0, 0.1) is 25.7 Å². The zero-order valence-electron chi connectivity index (χ0n) is 10.3. The Kier molecular flexibility index (Phi) is 3.00. The van der Waals surface area contributed by atoms with E-state index in [0.717, 1.165) is 23.8 Å². The highest BCUT2D eigenvalue weighted by Crippen LogP contribution is 2.28. The van der Waals surface area contributed by atoms with Crippen molar-refractivity contribution >= 4 is 11.8 Å². The Bertz CT molecular complexity index is 447. The normalized spacial score (nSPS) is 24.1. The second-order valence-electron chi connectivity index (χ2n) is 4.75. The van der Waals surface area contributed by atoms with Crippen LogP contribution in [0.2, 0.25) is 0 Å². The molecule has 1 fully saturated rings. The summed E-state index contributed by atoms with van der Waals surface area (Å²) in [5.41, 5.74) is 1.71. The highest BCUT2D eigenvalue weighted by atomic mass is 16.4. The lowest BCUT2D eigenvalue weighted by Gasteiger charge is -2.18. The van der Waals surface area contributed by atoms with Crippen LogP contribution in [0.25, 0.3) is 0 Å². The van der Waals surface area contributed by atoms with E-state index in [1.165, 1.54) is 0 Å². The number of aliphatic carboxylic acids is 1. The molecular weight excluding hydrogens is 218 g/mol. The highest BCUT2D eigenvalue weighted by molar-refractivity contribution is 5.72. The van der Waals surface area contributed by atoms with Gasteiger partial charge in [-0.1, -0.05) is 6.92 Å². The van der Waals surface area contributed by atoms with E-state index in [1.807, 2.05) is 25.7 Å². The minimum Gasteiger partial charge on any atom is -0.481 e. The van der Waals surface area contributed by atoms with E-state index in [1.54, 1.807) is 6.20 Å². The quantitative estimate of drug-likeness (QED) is 0.835. The summed E-state index contributed by atoms with van der Waals surface area (Å²) in [6.45, 7) is 7.02. The van der Waals surface area contributed by atoms with Crippen molar-refractivity contribution < 1.29 is 9.90 Å². The third-order valence-electron chi connectivity index (χ3n) is 3.28. The second-order valence-corrected chi connectivity index (χ2v) is 4.75. The molecule has 1 aliphatic heterocycles. The summed E-state index contributed by atoms with van der Waals surface area (Å²) in [5.74, 6) is -0.0650. The topological polar surface area (TPSA) is 66.3 Å². The maximum atomic E-state index is 11.1. The van der Waals surface area contributed by atoms with Gasteiger partial charge < -0.3 is 10.0 Å². The lowest BCUT2D eigenvalue weighted by molar-refractivity contribution is -0.142. The highest BCUT2D eigenvalue weighted by Gasteiger charge is 2.35. The van der Waals surface area contributed by atoms with Gasteiger partial charge in [-0.3, -0.25) is 9.78 Å². The molecule has 5 nitrogen and oxygen atoms in total. The van der Waals surface area contributed by atoms with Gasteiger partial charge in [0.05, 0.1) is 17.3 Å². The molecule has 2 rings (SSSR count). The molecule has 0 radical (unpaired) electrons. The number of aryl methyl sites for hydroxylation is 2. The number of carboxylic acids is 1. The zero-order chi connectivity index (χ0) is 12.6. The van der Waals surface area contributed by atoms with E-state index in [-0.39, 0.29) is 11.8 Å². The van der Waals surface area contributed by atoms with Gasteiger partial charge in [0.2, 0.25) is 0 Å². The molecule has 1 aromatic heterocycles. The van der Waals surface area contributed by atoms with Crippen LogP contribution in [-0.2, 0) is 4.79 Å². The summed E-state index contributed by atoms with van der Waals surface area (Å²) in [4.78, 5) is 21.8. The molecule has 2 atom stereocenters.